The summed E-state index contributed by atoms with van der Waals surface area (Å²) in [6, 6.07) is 10.3. The number of amides is 1. The first-order valence-corrected chi connectivity index (χ1v) is 8.08. The zero-order valence-electron chi connectivity index (χ0n) is 13.9. The fourth-order valence-corrected chi connectivity index (χ4v) is 2.97. The van der Waals surface area contributed by atoms with Crippen molar-refractivity contribution < 1.29 is 9.32 Å². The van der Waals surface area contributed by atoms with Gasteiger partial charge in [-0.3, -0.25) is 4.79 Å². The zero-order valence-corrected chi connectivity index (χ0v) is 13.9. The number of hydrogen-bond donors (Lipinski definition) is 0. The molecule has 1 aromatic carbocycles. The van der Waals surface area contributed by atoms with E-state index >= 15 is 0 Å². The van der Waals surface area contributed by atoms with Crippen LogP contribution in [0, 0.1) is 6.92 Å². The molecular weight excluding hydrogens is 288 g/mol. The molecule has 4 nitrogen and oxygen atoms in total. The van der Waals surface area contributed by atoms with Crippen molar-refractivity contribution >= 4 is 11.5 Å². The first-order valence-electron chi connectivity index (χ1n) is 8.08. The van der Waals surface area contributed by atoms with E-state index in [4.69, 9.17) is 4.52 Å². The van der Waals surface area contributed by atoms with Crippen molar-refractivity contribution in [3.8, 4) is 0 Å². The third kappa shape index (κ3) is 3.07. The third-order valence-electron chi connectivity index (χ3n) is 4.27. The van der Waals surface area contributed by atoms with Crippen molar-refractivity contribution in [1.29, 1.82) is 0 Å². The maximum atomic E-state index is 12.8. The highest BCUT2D eigenvalue weighted by Gasteiger charge is 2.27. The lowest BCUT2D eigenvalue weighted by Gasteiger charge is -2.27. The summed E-state index contributed by atoms with van der Waals surface area (Å²) >= 11 is 0. The summed E-state index contributed by atoms with van der Waals surface area (Å²) in [5.41, 5.74) is 3.86. The largest absolute Gasteiger partial charge is 0.360 e. The van der Waals surface area contributed by atoms with Gasteiger partial charge < -0.3 is 9.42 Å². The van der Waals surface area contributed by atoms with E-state index in [9.17, 15) is 4.79 Å². The second-order valence-electron chi connectivity index (χ2n) is 6.26. The number of carbonyl (C=O) groups is 1. The first kappa shape index (κ1) is 15.5. The lowest BCUT2D eigenvalue weighted by atomic mass is 9.98. The van der Waals surface area contributed by atoms with Gasteiger partial charge >= 0.3 is 0 Å². The van der Waals surface area contributed by atoms with E-state index in [2.05, 4.69) is 23.4 Å². The van der Waals surface area contributed by atoms with Gasteiger partial charge in [-0.15, -0.1) is 0 Å². The van der Waals surface area contributed by atoms with Crippen LogP contribution in [0.2, 0.25) is 0 Å². The van der Waals surface area contributed by atoms with Gasteiger partial charge in [0.05, 0.1) is 5.69 Å². The average molecular weight is 310 g/mol. The van der Waals surface area contributed by atoms with E-state index in [-0.39, 0.29) is 11.8 Å². The molecule has 3 rings (SSSR count). The second kappa shape index (κ2) is 6.41. The molecular formula is C19H22N2O2. The molecule has 0 unspecified atom stereocenters. The van der Waals surface area contributed by atoms with Crippen LogP contribution >= 0.6 is 0 Å². The van der Waals surface area contributed by atoms with Crippen LogP contribution in [0.1, 0.15) is 53.6 Å². The highest BCUT2D eigenvalue weighted by atomic mass is 16.5. The van der Waals surface area contributed by atoms with Crippen molar-refractivity contribution in [3.05, 3.63) is 59.0 Å². The summed E-state index contributed by atoms with van der Waals surface area (Å²) in [5.74, 6) is 0.858. The predicted octanol–water partition coefficient (Wildman–Crippen LogP) is 4.04. The Morgan fingerprint density at radius 1 is 1.26 bits per heavy atom. The molecule has 0 saturated carbocycles. The molecule has 23 heavy (non-hydrogen) atoms. The van der Waals surface area contributed by atoms with Crippen LogP contribution in [0.3, 0.4) is 0 Å². The fraction of sp³-hybridized carbons (Fsp3) is 0.368. The fourth-order valence-electron chi connectivity index (χ4n) is 2.97. The highest BCUT2D eigenvalue weighted by Crippen LogP contribution is 2.27. The standard InChI is InChI=1S/C19H22N2O2/c1-13(2)18-17(14(3)20-23-18)19(22)21-11-9-16(10-12-21)15-7-5-4-6-8-15/h4-9,13H,10-12H2,1-3H3. The monoisotopic (exact) mass is 310 g/mol. The summed E-state index contributed by atoms with van der Waals surface area (Å²) < 4.78 is 5.35. The van der Waals surface area contributed by atoms with E-state index in [0.717, 1.165) is 13.0 Å². The first-order chi connectivity index (χ1) is 11.1. The van der Waals surface area contributed by atoms with Gasteiger partial charge in [0.25, 0.3) is 5.91 Å². The Morgan fingerprint density at radius 2 is 2.00 bits per heavy atom. The summed E-state index contributed by atoms with van der Waals surface area (Å²) in [6.07, 6.45) is 3.02. The molecule has 4 heteroatoms. The molecule has 2 heterocycles. The van der Waals surface area contributed by atoms with Crippen LogP contribution in [0.4, 0.5) is 0 Å². The zero-order chi connectivity index (χ0) is 16.4. The Bertz CT molecular complexity index is 729. The Labute approximate surface area is 136 Å². The maximum Gasteiger partial charge on any atom is 0.259 e. The van der Waals surface area contributed by atoms with Gasteiger partial charge in [-0.05, 0) is 24.5 Å². The Morgan fingerprint density at radius 3 is 2.61 bits per heavy atom. The molecule has 1 aliphatic rings. The van der Waals surface area contributed by atoms with Crippen LogP contribution in [-0.4, -0.2) is 29.1 Å². The van der Waals surface area contributed by atoms with Gasteiger partial charge in [-0.2, -0.15) is 0 Å². The smallest absolute Gasteiger partial charge is 0.259 e. The number of carbonyl (C=O) groups excluding carboxylic acids is 1. The number of rotatable bonds is 3. The topological polar surface area (TPSA) is 46.3 Å². The summed E-state index contributed by atoms with van der Waals surface area (Å²) in [7, 11) is 0. The number of nitrogens with zero attached hydrogens (tertiary/aromatic N) is 2. The van der Waals surface area contributed by atoms with Crippen LogP contribution in [-0.2, 0) is 0 Å². The van der Waals surface area contributed by atoms with E-state index in [1.165, 1.54) is 11.1 Å². The summed E-state index contributed by atoms with van der Waals surface area (Å²) in [5, 5.41) is 3.98. The van der Waals surface area contributed by atoms with Crippen molar-refractivity contribution in [3.63, 3.8) is 0 Å². The normalized spacial score (nSPS) is 15.0. The summed E-state index contributed by atoms with van der Waals surface area (Å²) in [4.78, 5) is 14.7. The Balaban J connectivity index is 1.79. The molecule has 0 aliphatic carbocycles. The SMILES string of the molecule is Cc1noc(C(C)C)c1C(=O)N1CC=C(c2ccccc2)CC1. The minimum Gasteiger partial charge on any atom is -0.360 e. The van der Waals surface area contributed by atoms with Crippen molar-refractivity contribution in [2.24, 2.45) is 0 Å². The summed E-state index contributed by atoms with van der Waals surface area (Å²) in [6.45, 7) is 7.21. The van der Waals surface area contributed by atoms with Gasteiger partial charge in [0, 0.05) is 19.0 Å². The molecule has 0 bridgehead atoms. The van der Waals surface area contributed by atoms with E-state index < -0.39 is 0 Å². The number of aromatic nitrogens is 1. The van der Waals surface area contributed by atoms with Crippen LogP contribution < -0.4 is 0 Å². The van der Waals surface area contributed by atoms with E-state index in [1.807, 2.05) is 43.9 Å². The molecule has 0 fully saturated rings. The van der Waals surface area contributed by atoms with Gasteiger partial charge in [0.1, 0.15) is 5.56 Å². The molecule has 0 radical (unpaired) electrons. The molecule has 0 N–H and O–H groups in total. The molecule has 0 atom stereocenters. The van der Waals surface area contributed by atoms with Crippen LogP contribution in [0.25, 0.3) is 5.57 Å². The molecule has 1 aromatic heterocycles. The molecule has 2 aromatic rings. The third-order valence-corrected chi connectivity index (χ3v) is 4.27. The van der Waals surface area contributed by atoms with Crippen molar-refractivity contribution in [1.82, 2.24) is 10.1 Å². The number of hydrogen-bond acceptors (Lipinski definition) is 3. The average Bonchev–Trinajstić information content (AvgIpc) is 2.97. The lowest BCUT2D eigenvalue weighted by Crippen LogP contribution is -2.35. The molecule has 0 saturated heterocycles. The molecule has 120 valence electrons. The van der Waals surface area contributed by atoms with Gasteiger partial charge in [-0.1, -0.05) is 55.4 Å². The van der Waals surface area contributed by atoms with Gasteiger partial charge in [0.2, 0.25) is 0 Å². The molecule has 1 aliphatic heterocycles. The number of benzene rings is 1. The Hall–Kier alpha value is -2.36. The van der Waals surface area contributed by atoms with Crippen molar-refractivity contribution in [2.75, 3.05) is 13.1 Å². The number of aryl methyl sites for hydroxylation is 1. The minimum absolute atomic E-state index is 0.0239. The molecule has 0 spiro atoms. The van der Waals surface area contributed by atoms with E-state index in [1.54, 1.807) is 0 Å². The maximum absolute atomic E-state index is 12.8. The predicted molar refractivity (Wildman–Crippen MR) is 90.3 cm³/mol. The highest BCUT2D eigenvalue weighted by molar-refractivity contribution is 5.96. The minimum atomic E-state index is 0.0239. The Kier molecular flexibility index (Phi) is 4.33. The van der Waals surface area contributed by atoms with Gasteiger partial charge in [0.15, 0.2) is 5.76 Å². The van der Waals surface area contributed by atoms with E-state index in [0.29, 0.717) is 23.6 Å². The second-order valence-corrected chi connectivity index (χ2v) is 6.26. The van der Waals surface area contributed by atoms with Crippen LogP contribution in [0.15, 0.2) is 40.9 Å². The quantitative estimate of drug-likeness (QED) is 0.859. The van der Waals surface area contributed by atoms with Crippen LogP contribution in [0.5, 0.6) is 0 Å². The lowest BCUT2D eigenvalue weighted by molar-refractivity contribution is 0.0769. The van der Waals surface area contributed by atoms with Crippen molar-refractivity contribution in [2.45, 2.75) is 33.1 Å². The van der Waals surface area contributed by atoms with Gasteiger partial charge in [-0.25, -0.2) is 0 Å². The molecule has 1 amide bonds.